The summed E-state index contributed by atoms with van der Waals surface area (Å²) in [6.07, 6.45) is -19.1. The van der Waals surface area contributed by atoms with Gasteiger partial charge in [0.15, 0.2) is 30.4 Å². The molecule has 0 aromatic carbocycles. The Morgan fingerprint density at radius 3 is 0.441 bits per heavy atom. The number of hydrogen-bond acceptors (Lipinski definition) is 9. The molecule has 0 aromatic rings. The normalized spacial score (nSPS) is 14.6. The Morgan fingerprint density at radius 2 is 0.441 bits per heavy atom. The van der Waals surface area contributed by atoms with E-state index in [2.05, 4.69) is 0 Å². The van der Waals surface area contributed by atoms with Gasteiger partial charge in [0.2, 0.25) is 0 Å². The SMILES string of the molecule is O=S(=O)([O-])C(F)(F)C(F)(F)F.O=S(=O)([O-])C(F)(F)C(F)(F)F.O=S(=O)([O-])C(F)(F)C(F)(F)F.[Sc+3]. The molecule has 0 aliphatic rings. The average molecular weight is 642 g/mol. The van der Waals surface area contributed by atoms with E-state index >= 15 is 0 Å². The minimum atomic E-state index is -6.67. The number of halogens is 15. The van der Waals surface area contributed by atoms with Crippen molar-refractivity contribution in [2.45, 2.75) is 34.3 Å². The van der Waals surface area contributed by atoms with E-state index < -0.39 is 64.6 Å². The second-order valence-corrected chi connectivity index (χ2v) is 8.67. The van der Waals surface area contributed by atoms with Crippen LogP contribution >= 0.6 is 0 Å². The fourth-order valence-corrected chi connectivity index (χ4v) is 1.28. The van der Waals surface area contributed by atoms with Crippen LogP contribution in [-0.2, 0) is 56.2 Å². The van der Waals surface area contributed by atoms with E-state index in [1.54, 1.807) is 0 Å². The Bertz CT molecular complexity index is 846. The van der Waals surface area contributed by atoms with Crippen LogP contribution in [0.5, 0.6) is 0 Å². The molecule has 0 spiro atoms. The van der Waals surface area contributed by atoms with Gasteiger partial charge in [-0.2, -0.15) is 65.9 Å². The van der Waals surface area contributed by atoms with Gasteiger partial charge in [-0.1, -0.05) is 0 Å². The predicted molar refractivity (Wildman–Crippen MR) is 62.1 cm³/mol. The number of alkyl halides is 15. The largest absolute Gasteiger partial charge is 3.00 e. The van der Waals surface area contributed by atoms with Gasteiger partial charge in [0.1, 0.15) is 0 Å². The molecule has 0 saturated carbocycles. The summed E-state index contributed by atoms with van der Waals surface area (Å²) in [5.74, 6) is 0. The van der Waals surface area contributed by atoms with Crippen LogP contribution < -0.4 is 0 Å². The summed E-state index contributed by atoms with van der Waals surface area (Å²) >= 11 is 0. The molecule has 9 nitrogen and oxygen atoms in total. The third-order valence-electron chi connectivity index (χ3n) is 1.93. The Hall–Kier alpha value is -0.450. The molecule has 204 valence electrons. The van der Waals surface area contributed by atoms with Crippen LogP contribution in [0.25, 0.3) is 0 Å². The molecule has 0 aromatic heterocycles. The average Bonchev–Trinajstić information content (AvgIpc) is 2.41. The number of hydrogen-bond donors (Lipinski definition) is 0. The van der Waals surface area contributed by atoms with Crippen molar-refractivity contribution in [1.29, 1.82) is 0 Å². The Kier molecular flexibility index (Phi) is 13.5. The molecule has 28 heteroatoms. The van der Waals surface area contributed by atoms with Gasteiger partial charge in [-0.15, -0.1) is 0 Å². The monoisotopic (exact) mass is 642 g/mol. The molecule has 0 amide bonds. The van der Waals surface area contributed by atoms with E-state index in [-0.39, 0.29) is 25.8 Å². The zero-order valence-electron chi connectivity index (χ0n) is 14.1. The van der Waals surface area contributed by atoms with Crippen LogP contribution in [0.1, 0.15) is 0 Å². The summed E-state index contributed by atoms with van der Waals surface area (Å²) in [7, 11) is -20.0. The van der Waals surface area contributed by atoms with Crippen LogP contribution in [0, 0.1) is 0 Å². The first kappa shape index (κ1) is 40.7. The molecule has 0 fully saturated rings. The van der Waals surface area contributed by atoms with E-state index in [1.807, 2.05) is 0 Å². The van der Waals surface area contributed by atoms with E-state index in [0.29, 0.717) is 0 Å². The molecule has 0 rings (SSSR count). The minimum Gasteiger partial charge on any atom is -0.743 e. The second kappa shape index (κ2) is 11.3. The van der Waals surface area contributed by atoms with Gasteiger partial charge in [-0.05, 0) is 0 Å². The molecule has 0 N–H and O–H groups in total. The Labute approximate surface area is 195 Å². The maximum atomic E-state index is 11.4. The Balaban J connectivity index is -0.000000196. The maximum Gasteiger partial charge on any atom is 3.00 e. The molecule has 0 radical (unpaired) electrons. The molecule has 0 atom stereocenters. The molecule has 0 saturated heterocycles. The van der Waals surface area contributed by atoms with Crippen molar-refractivity contribution in [3.8, 4) is 0 Å². The second-order valence-electron chi connectivity index (χ2n) is 4.41. The van der Waals surface area contributed by atoms with Gasteiger partial charge in [0.05, 0.1) is 0 Å². The smallest absolute Gasteiger partial charge is 0.743 e. The van der Waals surface area contributed by atoms with Crippen molar-refractivity contribution in [1.82, 2.24) is 0 Å². The first-order chi connectivity index (χ1) is 13.5. The standard InChI is InChI=1S/3C2HF5O3S.Sc/c3*3-1(4,5)2(6,7)11(8,9)10;/h3*(H,8,9,10);/q;;;+3/p-3. The molecule has 0 bridgehead atoms. The summed E-state index contributed by atoms with van der Waals surface area (Å²) in [4.78, 5) is 0. The summed E-state index contributed by atoms with van der Waals surface area (Å²) in [6.45, 7) is 0. The zero-order chi connectivity index (χ0) is 28.5. The van der Waals surface area contributed by atoms with Crippen molar-refractivity contribution in [3.05, 3.63) is 0 Å². The topological polar surface area (TPSA) is 172 Å². The molecule has 34 heavy (non-hydrogen) atoms. The van der Waals surface area contributed by atoms with Crippen molar-refractivity contribution >= 4 is 30.4 Å². The van der Waals surface area contributed by atoms with Crippen molar-refractivity contribution in [3.63, 3.8) is 0 Å². The van der Waals surface area contributed by atoms with E-state index in [9.17, 15) is 105 Å². The van der Waals surface area contributed by atoms with Crippen molar-refractivity contribution < 1.29 is 131 Å². The van der Waals surface area contributed by atoms with Gasteiger partial charge >= 0.3 is 60.1 Å². The van der Waals surface area contributed by atoms with Gasteiger partial charge in [0, 0.05) is 0 Å². The first-order valence-electron chi connectivity index (χ1n) is 5.70. The molecular weight excluding hydrogens is 642 g/mol. The molecule has 0 aliphatic carbocycles. The van der Waals surface area contributed by atoms with Gasteiger partial charge in [-0.25, -0.2) is 25.3 Å². The van der Waals surface area contributed by atoms with E-state index in [4.69, 9.17) is 0 Å². The van der Waals surface area contributed by atoms with Crippen LogP contribution in [0.4, 0.5) is 65.9 Å². The summed E-state index contributed by atoms with van der Waals surface area (Å²) in [5.41, 5.74) is 0. The third-order valence-corrected chi connectivity index (χ3v) is 4.51. The molecule has 0 aliphatic heterocycles. The summed E-state index contributed by atoms with van der Waals surface area (Å²) in [6, 6.07) is 0. The van der Waals surface area contributed by atoms with Crippen molar-refractivity contribution in [2.24, 2.45) is 0 Å². The Morgan fingerprint density at radius 1 is 0.353 bits per heavy atom. The zero-order valence-corrected chi connectivity index (χ0v) is 18.4. The van der Waals surface area contributed by atoms with Crippen molar-refractivity contribution in [2.75, 3.05) is 0 Å². The predicted octanol–water partition coefficient (Wildman–Crippen LogP) is 2.06. The third kappa shape index (κ3) is 10.3. The van der Waals surface area contributed by atoms with Gasteiger partial charge in [0.25, 0.3) is 0 Å². The summed E-state index contributed by atoms with van der Waals surface area (Å²) < 4.78 is 251. The molecule has 0 heterocycles. The van der Waals surface area contributed by atoms with Crippen LogP contribution in [0.2, 0.25) is 0 Å². The van der Waals surface area contributed by atoms with Gasteiger partial charge in [-0.3, -0.25) is 0 Å². The van der Waals surface area contributed by atoms with Crippen LogP contribution in [0.15, 0.2) is 0 Å². The quantitative estimate of drug-likeness (QED) is 0.330. The van der Waals surface area contributed by atoms with Crippen LogP contribution in [0.3, 0.4) is 0 Å². The fraction of sp³-hybridized carbons (Fsp3) is 1.00. The summed E-state index contributed by atoms with van der Waals surface area (Å²) in [5, 5.41) is -18.6. The minimum absolute atomic E-state index is 0. The fourth-order valence-electron chi connectivity index (χ4n) is 0.425. The first-order valence-corrected chi connectivity index (χ1v) is 9.92. The van der Waals surface area contributed by atoms with Gasteiger partial charge < -0.3 is 13.7 Å². The van der Waals surface area contributed by atoms with E-state index in [1.165, 1.54) is 0 Å². The number of rotatable bonds is 3. The molecule has 0 unspecified atom stereocenters. The molecular formula is C6F15O9S3Sc. The van der Waals surface area contributed by atoms with E-state index in [0.717, 1.165) is 0 Å². The van der Waals surface area contributed by atoms with Crippen LogP contribution in [-0.4, -0.2) is 73.2 Å². The maximum absolute atomic E-state index is 11.4.